The Hall–Kier alpha value is -2.15. The first kappa shape index (κ1) is 12.9. The largest absolute Gasteiger partial charge is 0.479 e. The third kappa shape index (κ3) is 3.72. The molecule has 1 rings (SSSR count). The Morgan fingerprint density at radius 1 is 1.47 bits per heavy atom. The highest BCUT2D eigenvalue weighted by atomic mass is 16.4. The minimum atomic E-state index is -1.52. The summed E-state index contributed by atoms with van der Waals surface area (Å²) < 4.78 is 0. The van der Waals surface area contributed by atoms with Crippen LogP contribution in [0.4, 0.5) is 0 Å². The molecule has 0 saturated heterocycles. The van der Waals surface area contributed by atoms with Gasteiger partial charge >= 0.3 is 5.97 Å². The molecule has 0 aliphatic carbocycles. The second-order valence-electron chi connectivity index (χ2n) is 3.31. The minimum Gasteiger partial charge on any atom is -0.479 e. The smallest absolute Gasteiger partial charge is 0.332 e. The summed E-state index contributed by atoms with van der Waals surface area (Å²) in [7, 11) is 0. The molecule has 92 valence electrons. The van der Waals surface area contributed by atoms with E-state index in [4.69, 9.17) is 10.2 Å². The van der Waals surface area contributed by atoms with E-state index in [1.807, 2.05) is 0 Å². The van der Waals surface area contributed by atoms with Crippen molar-refractivity contribution in [3.8, 4) is 0 Å². The lowest BCUT2D eigenvalue weighted by atomic mass is 10.2. The van der Waals surface area contributed by atoms with Crippen molar-refractivity contribution in [2.45, 2.75) is 12.5 Å². The zero-order chi connectivity index (χ0) is 12.8. The Labute approximate surface area is 96.1 Å². The quantitative estimate of drug-likeness (QED) is 0.523. The number of amides is 1. The molecular formula is C10H12N2O5. The standard InChI is InChI=1S/C10H12N2O5/c13-7(10(16)17)3-5-12-9(15)6-2-1-4-11-8(6)14/h1-2,4,7,13H,3,5H2,(H,11,14)(H,12,15)(H,16,17). The number of rotatable bonds is 5. The lowest BCUT2D eigenvalue weighted by molar-refractivity contribution is -0.146. The van der Waals surface area contributed by atoms with Gasteiger partial charge in [-0.1, -0.05) is 0 Å². The van der Waals surface area contributed by atoms with Gasteiger partial charge in [-0.2, -0.15) is 0 Å². The molecular weight excluding hydrogens is 228 g/mol. The number of pyridine rings is 1. The molecule has 1 amide bonds. The number of aromatic amines is 1. The molecule has 1 atom stereocenters. The summed E-state index contributed by atoms with van der Waals surface area (Å²) in [5, 5.41) is 19.7. The Bertz CT molecular complexity index is 468. The number of hydrogen-bond donors (Lipinski definition) is 4. The number of aliphatic hydroxyl groups is 1. The average Bonchev–Trinajstić information content (AvgIpc) is 2.29. The lowest BCUT2D eigenvalue weighted by Crippen LogP contribution is -2.33. The van der Waals surface area contributed by atoms with E-state index >= 15 is 0 Å². The fourth-order valence-electron chi connectivity index (χ4n) is 1.14. The van der Waals surface area contributed by atoms with Gasteiger partial charge in [0, 0.05) is 19.2 Å². The van der Waals surface area contributed by atoms with Crippen molar-refractivity contribution in [3.63, 3.8) is 0 Å². The number of carboxylic acid groups (broad SMARTS) is 1. The molecule has 0 radical (unpaired) electrons. The molecule has 0 aromatic carbocycles. The van der Waals surface area contributed by atoms with Gasteiger partial charge in [0.25, 0.3) is 11.5 Å². The molecule has 4 N–H and O–H groups in total. The predicted octanol–water partition coefficient (Wildman–Crippen LogP) is -1.06. The van der Waals surface area contributed by atoms with Crippen molar-refractivity contribution in [2.24, 2.45) is 0 Å². The van der Waals surface area contributed by atoms with Crippen LogP contribution in [0.25, 0.3) is 0 Å². The number of aliphatic carboxylic acids is 1. The van der Waals surface area contributed by atoms with Gasteiger partial charge in [0.2, 0.25) is 0 Å². The third-order valence-electron chi connectivity index (χ3n) is 2.05. The molecule has 0 fully saturated rings. The van der Waals surface area contributed by atoms with E-state index in [2.05, 4.69) is 10.3 Å². The molecule has 0 bridgehead atoms. The van der Waals surface area contributed by atoms with Crippen molar-refractivity contribution in [1.82, 2.24) is 10.3 Å². The molecule has 1 unspecified atom stereocenters. The number of hydrogen-bond acceptors (Lipinski definition) is 4. The van der Waals surface area contributed by atoms with Gasteiger partial charge in [0.1, 0.15) is 5.56 Å². The topological polar surface area (TPSA) is 119 Å². The van der Waals surface area contributed by atoms with E-state index in [1.54, 1.807) is 0 Å². The van der Waals surface area contributed by atoms with Crippen molar-refractivity contribution >= 4 is 11.9 Å². The van der Waals surface area contributed by atoms with E-state index in [0.29, 0.717) is 0 Å². The van der Waals surface area contributed by atoms with Crippen LogP contribution in [0, 0.1) is 0 Å². The van der Waals surface area contributed by atoms with E-state index in [-0.39, 0.29) is 18.5 Å². The zero-order valence-corrected chi connectivity index (χ0v) is 8.84. The van der Waals surface area contributed by atoms with E-state index in [1.165, 1.54) is 18.3 Å². The number of aliphatic hydroxyl groups excluding tert-OH is 1. The van der Waals surface area contributed by atoms with Gasteiger partial charge in [-0.25, -0.2) is 4.79 Å². The number of carboxylic acids is 1. The molecule has 0 aliphatic rings. The summed E-state index contributed by atoms with van der Waals surface area (Å²) in [4.78, 5) is 35.3. The number of H-pyrrole nitrogens is 1. The molecule has 1 heterocycles. The molecule has 0 spiro atoms. The summed E-state index contributed by atoms with van der Waals surface area (Å²) in [5.41, 5.74) is -0.582. The van der Waals surface area contributed by atoms with E-state index < -0.39 is 23.5 Å². The SMILES string of the molecule is O=C(NCCC(O)C(=O)O)c1ccc[nH]c1=O. The molecule has 17 heavy (non-hydrogen) atoms. The van der Waals surface area contributed by atoms with Gasteiger partial charge in [0.05, 0.1) is 0 Å². The lowest BCUT2D eigenvalue weighted by Gasteiger charge is -2.06. The molecule has 0 saturated carbocycles. The summed E-state index contributed by atoms with van der Waals surface area (Å²) in [5.74, 6) is -1.96. The van der Waals surface area contributed by atoms with Gasteiger partial charge in [0.15, 0.2) is 6.10 Å². The van der Waals surface area contributed by atoms with Gasteiger partial charge < -0.3 is 20.5 Å². The number of nitrogens with one attached hydrogen (secondary N) is 2. The molecule has 7 heteroatoms. The van der Waals surface area contributed by atoms with E-state index in [0.717, 1.165) is 0 Å². The maximum absolute atomic E-state index is 11.5. The molecule has 1 aromatic heterocycles. The number of aromatic nitrogens is 1. The van der Waals surface area contributed by atoms with Crippen molar-refractivity contribution in [3.05, 3.63) is 34.2 Å². The Kier molecular flexibility index (Phi) is 4.41. The Balaban J connectivity index is 2.49. The van der Waals surface area contributed by atoms with Crippen LogP contribution in [-0.2, 0) is 4.79 Å². The highest BCUT2D eigenvalue weighted by Gasteiger charge is 2.14. The first-order chi connectivity index (χ1) is 8.02. The molecule has 1 aromatic rings. The van der Waals surface area contributed by atoms with Crippen molar-refractivity contribution < 1.29 is 19.8 Å². The maximum atomic E-state index is 11.5. The maximum Gasteiger partial charge on any atom is 0.332 e. The summed E-state index contributed by atoms with van der Waals surface area (Å²) in [6.45, 7) is -0.0271. The Morgan fingerprint density at radius 3 is 2.76 bits per heavy atom. The van der Waals surface area contributed by atoms with Crippen molar-refractivity contribution in [2.75, 3.05) is 6.54 Å². The second kappa shape index (κ2) is 5.80. The number of carbonyl (C=O) groups excluding carboxylic acids is 1. The first-order valence-electron chi connectivity index (χ1n) is 4.89. The van der Waals surface area contributed by atoms with Gasteiger partial charge in [-0.05, 0) is 12.1 Å². The van der Waals surface area contributed by atoms with Gasteiger partial charge in [-0.15, -0.1) is 0 Å². The fourth-order valence-corrected chi connectivity index (χ4v) is 1.14. The normalized spacial score (nSPS) is 11.8. The average molecular weight is 240 g/mol. The van der Waals surface area contributed by atoms with Crippen LogP contribution < -0.4 is 10.9 Å². The van der Waals surface area contributed by atoms with Crippen molar-refractivity contribution in [1.29, 1.82) is 0 Å². The highest BCUT2D eigenvalue weighted by molar-refractivity contribution is 5.93. The first-order valence-corrected chi connectivity index (χ1v) is 4.89. The zero-order valence-electron chi connectivity index (χ0n) is 8.84. The predicted molar refractivity (Wildman–Crippen MR) is 57.7 cm³/mol. The molecule has 7 nitrogen and oxygen atoms in total. The van der Waals surface area contributed by atoms with Crippen LogP contribution in [-0.4, -0.2) is 39.7 Å². The van der Waals surface area contributed by atoms with Crippen LogP contribution in [0.3, 0.4) is 0 Å². The highest BCUT2D eigenvalue weighted by Crippen LogP contribution is 1.92. The van der Waals surface area contributed by atoms with Crippen LogP contribution in [0.15, 0.2) is 23.1 Å². The van der Waals surface area contributed by atoms with Gasteiger partial charge in [-0.3, -0.25) is 9.59 Å². The summed E-state index contributed by atoms with van der Waals surface area (Å²) in [6, 6.07) is 2.85. The van der Waals surface area contributed by atoms with Crippen LogP contribution >= 0.6 is 0 Å². The van der Waals surface area contributed by atoms with Crippen LogP contribution in [0.2, 0.25) is 0 Å². The number of carbonyl (C=O) groups is 2. The van der Waals surface area contributed by atoms with E-state index in [9.17, 15) is 14.4 Å². The summed E-state index contributed by atoms with van der Waals surface area (Å²) >= 11 is 0. The third-order valence-corrected chi connectivity index (χ3v) is 2.05. The van der Waals surface area contributed by atoms with Crippen LogP contribution in [0.5, 0.6) is 0 Å². The Morgan fingerprint density at radius 2 is 2.18 bits per heavy atom. The minimum absolute atomic E-state index is 0.0271. The van der Waals surface area contributed by atoms with Crippen LogP contribution in [0.1, 0.15) is 16.8 Å². The summed E-state index contributed by atoms with van der Waals surface area (Å²) in [6.07, 6.45) is -0.247. The fraction of sp³-hybridized carbons (Fsp3) is 0.300. The second-order valence-corrected chi connectivity index (χ2v) is 3.31. The monoisotopic (exact) mass is 240 g/mol. The molecule has 0 aliphatic heterocycles.